The van der Waals surface area contributed by atoms with Gasteiger partial charge in [-0.3, -0.25) is 4.79 Å². The Bertz CT molecular complexity index is 447. The van der Waals surface area contributed by atoms with Gasteiger partial charge in [0.15, 0.2) is 6.61 Å². The maximum absolute atomic E-state index is 11.2. The molecule has 0 radical (unpaired) electrons. The summed E-state index contributed by atoms with van der Waals surface area (Å²) in [6, 6.07) is 5.51. The van der Waals surface area contributed by atoms with Crippen molar-refractivity contribution in [2.24, 2.45) is 0 Å². The Morgan fingerprint density at radius 3 is 3.06 bits per heavy atom. The van der Waals surface area contributed by atoms with Gasteiger partial charge in [-0.25, -0.2) is 0 Å². The lowest BCUT2D eigenvalue weighted by atomic mass is 10.2. The molecule has 1 aromatic carbocycles. The van der Waals surface area contributed by atoms with Crippen molar-refractivity contribution in [3.8, 4) is 11.5 Å². The average molecular weight is 271 g/mol. The van der Waals surface area contributed by atoms with E-state index in [2.05, 4.69) is 10.6 Å². The van der Waals surface area contributed by atoms with Gasteiger partial charge in [0.05, 0.1) is 5.69 Å². The fourth-order valence-electron chi connectivity index (χ4n) is 2.06. The lowest BCUT2D eigenvalue weighted by molar-refractivity contribution is -0.118. The van der Waals surface area contributed by atoms with E-state index < -0.39 is 0 Å². The molecule has 3 rings (SSSR count). The summed E-state index contributed by atoms with van der Waals surface area (Å²) in [5.41, 5.74) is 0.685. The summed E-state index contributed by atoms with van der Waals surface area (Å²) in [5.74, 6) is 1.34. The van der Waals surface area contributed by atoms with E-state index in [1.54, 1.807) is 0 Å². The maximum Gasteiger partial charge on any atom is 0.262 e. The van der Waals surface area contributed by atoms with E-state index >= 15 is 0 Å². The predicted molar refractivity (Wildman–Crippen MR) is 69.7 cm³/mol. The van der Waals surface area contributed by atoms with Gasteiger partial charge in [0.25, 0.3) is 5.91 Å². The van der Waals surface area contributed by atoms with E-state index in [9.17, 15) is 4.79 Å². The first-order valence-corrected chi connectivity index (χ1v) is 5.75. The van der Waals surface area contributed by atoms with E-state index in [4.69, 9.17) is 9.47 Å². The number of benzene rings is 1. The van der Waals surface area contributed by atoms with Crippen LogP contribution in [0.4, 0.5) is 5.69 Å². The van der Waals surface area contributed by atoms with E-state index in [1.807, 2.05) is 18.2 Å². The number of carbonyl (C=O) groups is 1. The second kappa shape index (κ2) is 5.46. The van der Waals surface area contributed by atoms with Crippen LogP contribution in [-0.2, 0) is 4.79 Å². The van der Waals surface area contributed by atoms with Crippen LogP contribution >= 0.6 is 12.4 Å². The highest BCUT2D eigenvalue weighted by Gasteiger charge is 2.19. The van der Waals surface area contributed by atoms with E-state index in [1.165, 1.54) is 0 Å². The Labute approximate surface area is 111 Å². The maximum atomic E-state index is 11.2. The number of anilines is 1. The van der Waals surface area contributed by atoms with Crippen LogP contribution in [0.5, 0.6) is 11.5 Å². The van der Waals surface area contributed by atoms with E-state index in [-0.39, 0.29) is 31.0 Å². The largest absolute Gasteiger partial charge is 0.489 e. The molecular weight excluding hydrogens is 256 g/mol. The van der Waals surface area contributed by atoms with Crippen molar-refractivity contribution in [3.63, 3.8) is 0 Å². The molecule has 0 saturated carbocycles. The lowest BCUT2D eigenvalue weighted by Crippen LogP contribution is -2.25. The first-order chi connectivity index (χ1) is 8.31. The number of amides is 1. The molecular formula is C12H15ClN2O3. The van der Waals surface area contributed by atoms with Crippen LogP contribution in [-0.4, -0.2) is 31.7 Å². The van der Waals surface area contributed by atoms with Gasteiger partial charge < -0.3 is 20.1 Å². The van der Waals surface area contributed by atoms with E-state index in [0.717, 1.165) is 25.3 Å². The van der Waals surface area contributed by atoms with Gasteiger partial charge in [-0.15, -0.1) is 12.4 Å². The number of hydrogen-bond donors (Lipinski definition) is 2. The van der Waals surface area contributed by atoms with Crippen LogP contribution in [0.3, 0.4) is 0 Å². The van der Waals surface area contributed by atoms with Crippen LogP contribution in [0.1, 0.15) is 6.42 Å². The summed E-state index contributed by atoms with van der Waals surface area (Å²) in [6.45, 7) is 1.95. The molecule has 18 heavy (non-hydrogen) atoms. The van der Waals surface area contributed by atoms with Crippen LogP contribution < -0.4 is 20.1 Å². The lowest BCUT2D eigenvalue weighted by Gasteiger charge is -2.19. The molecule has 98 valence electrons. The standard InChI is InChI=1S/C12H14N2O3.ClH/c15-12-7-16-11-2-1-8(5-10(11)14-12)17-9-3-4-13-6-9;/h1-2,5,9,13H,3-4,6-7H2,(H,14,15);1H/t9-;/m1./s1. The molecule has 5 nitrogen and oxygen atoms in total. The van der Waals surface area contributed by atoms with Crippen LogP contribution in [0.15, 0.2) is 18.2 Å². The molecule has 0 aliphatic carbocycles. The molecule has 1 amide bonds. The summed E-state index contributed by atoms with van der Waals surface area (Å²) in [5, 5.41) is 6.01. The summed E-state index contributed by atoms with van der Waals surface area (Å²) >= 11 is 0. The van der Waals surface area contributed by atoms with E-state index in [0.29, 0.717) is 11.4 Å². The second-order valence-electron chi connectivity index (χ2n) is 4.23. The first-order valence-electron chi connectivity index (χ1n) is 5.75. The molecule has 2 aliphatic heterocycles. The molecule has 6 heteroatoms. The smallest absolute Gasteiger partial charge is 0.262 e. The minimum absolute atomic E-state index is 0. The van der Waals surface area contributed by atoms with Crippen molar-refractivity contribution in [1.82, 2.24) is 5.32 Å². The SMILES string of the molecule is Cl.O=C1COc2ccc(O[C@@H]3CCNC3)cc2N1. The fraction of sp³-hybridized carbons (Fsp3) is 0.417. The fourth-order valence-corrected chi connectivity index (χ4v) is 2.06. The molecule has 0 bridgehead atoms. The molecule has 0 aromatic heterocycles. The number of ether oxygens (including phenoxy) is 2. The van der Waals surface area contributed by atoms with Gasteiger partial charge in [-0.05, 0) is 25.1 Å². The van der Waals surface area contributed by atoms with Crippen molar-refractivity contribution in [2.45, 2.75) is 12.5 Å². The summed E-state index contributed by atoms with van der Waals surface area (Å²) in [7, 11) is 0. The summed E-state index contributed by atoms with van der Waals surface area (Å²) in [4.78, 5) is 11.2. The highest BCUT2D eigenvalue weighted by molar-refractivity contribution is 5.95. The second-order valence-corrected chi connectivity index (χ2v) is 4.23. The average Bonchev–Trinajstić information content (AvgIpc) is 2.81. The van der Waals surface area contributed by atoms with Gasteiger partial charge in [0.1, 0.15) is 17.6 Å². The monoisotopic (exact) mass is 270 g/mol. The number of rotatable bonds is 2. The highest BCUT2D eigenvalue weighted by atomic mass is 35.5. The normalized spacial score (nSPS) is 21.3. The number of halogens is 1. The van der Waals surface area contributed by atoms with Crippen LogP contribution in [0, 0.1) is 0 Å². The van der Waals surface area contributed by atoms with Gasteiger partial charge in [0, 0.05) is 12.6 Å². The van der Waals surface area contributed by atoms with Crippen LogP contribution in [0.25, 0.3) is 0 Å². The quantitative estimate of drug-likeness (QED) is 0.847. The predicted octanol–water partition coefficient (Wildman–Crippen LogP) is 1.18. The van der Waals surface area contributed by atoms with Crippen molar-refractivity contribution in [2.75, 3.05) is 25.0 Å². The molecule has 0 spiro atoms. The Kier molecular flexibility index (Phi) is 3.93. The molecule has 2 aliphatic rings. The molecule has 0 unspecified atom stereocenters. The molecule has 1 aromatic rings. The third-order valence-corrected chi connectivity index (χ3v) is 2.90. The molecule has 2 N–H and O–H groups in total. The Balaban J connectivity index is 0.00000120. The zero-order valence-corrected chi connectivity index (χ0v) is 10.6. The third kappa shape index (κ3) is 2.68. The minimum atomic E-state index is -0.128. The Morgan fingerprint density at radius 1 is 1.39 bits per heavy atom. The van der Waals surface area contributed by atoms with Crippen molar-refractivity contribution in [3.05, 3.63) is 18.2 Å². The molecule has 1 saturated heterocycles. The minimum Gasteiger partial charge on any atom is -0.489 e. The number of hydrogen-bond acceptors (Lipinski definition) is 4. The van der Waals surface area contributed by atoms with Crippen molar-refractivity contribution in [1.29, 1.82) is 0 Å². The van der Waals surface area contributed by atoms with Crippen LogP contribution in [0.2, 0.25) is 0 Å². The Hall–Kier alpha value is -1.46. The van der Waals surface area contributed by atoms with Gasteiger partial charge in [-0.1, -0.05) is 0 Å². The third-order valence-electron chi connectivity index (χ3n) is 2.90. The molecule has 1 atom stereocenters. The zero-order valence-electron chi connectivity index (χ0n) is 9.77. The van der Waals surface area contributed by atoms with Gasteiger partial charge in [0.2, 0.25) is 0 Å². The first kappa shape index (κ1) is 13.0. The van der Waals surface area contributed by atoms with Crippen molar-refractivity contribution < 1.29 is 14.3 Å². The molecule has 2 heterocycles. The zero-order chi connectivity index (χ0) is 11.7. The summed E-state index contributed by atoms with van der Waals surface area (Å²) in [6.07, 6.45) is 1.23. The number of fused-ring (bicyclic) bond motifs is 1. The molecule has 1 fully saturated rings. The van der Waals surface area contributed by atoms with Gasteiger partial charge in [-0.2, -0.15) is 0 Å². The number of carbonyl (C=O) groups excluding carboxylic acids is 1. The highest BCUT2D eigenvalue weighted by Crippen LogP contribution is 2.32. The number of nitrogens with one attached hydrogen (secondary N) is 2. The van der Waals surface area contributed by atoms with Gasteiger partial charge >= 0.3 is 0 Å². The summed E-state index contributed by atoms with van der Waals surface area (Å²) < 4.78 is 11.1. The van der Waals surface area contributed by atoms with Crippen molar-refractivity contribution >= 4 is 24.0 Å². The topological polar surface area (TPSA) is 59.6 Å². The Morgan fingerprint density at radius 2 is 2.28 bits per heavy atom.